The maximum Gasteiger partial charge on any atom is 0.411 e. The highest BCUT2D eigenvalue weighted by Gasteiger charge is 2.52. The topological polar surface area (TPSA) is 307 Å². The van der Waals surface area contributed by atoms with Crippen molar-refractivity contribution in [3.63, 3.8) is 0 Å². The third kappa shape index (κ3) is 14.5. The zero-order chi connectivity index (χ0) is 61.5. The first-order valence-corrected chi connectivity index (χ1v) is 29.8. The summed E-state index contributed by atoms with van der Waals surface area (Å²) in [6, 6.07) is -1.59. The second kappa shape index (κ2) is 29.6. The summed E-state index contributed by atoms with van der Waals surface area (Å²) in [5, 5.41) is 59.4. The number of halogens is 1. The Labute approximate surface area is 506 Å². The number of hydroxylamine groups is 1. The van der Waals surface area contributed by atoms with Gasteiger partial charge < -0.3 is 82.5 Å². The first kappa shape index (κ1) is 67.2. The number of Topliss-reactive ketones (excluding diaryl/α,β-unsaturated/α-hetero) is 1. The van der Waals surface area contributed by atoms with Gasteiger partial charge in [-0.2, -0.15) is 5.48 Å². The quantitative estimate of drug-likeness (QED) is 0.0595. The van der Waals surface area contributed by atoms with Gasteiger partial charge in [-0.25, -0.2) is 4.79 Å². The monoisotopic (exact) mass is 1310 g/mol. The summed E-state index contributed by atoms with van der Waals surface area (Å²) < 4.78 is 67.0. The van der Waals surface area contributed by atoms with Gasteiger partial charge in [-0.3, -0.25) is 24.5 Å². The molecule has 7 N–H and O–H groups in total. The van der Waals surface area contributed by atoms with Crippen LogP contribution in [0.5, 0.6) is 11.5 Å². The van der Waals surface area contributed by atoms with Crippen LogP contribution in [0.4, 0.5) is 4.79 Å². The SMILES string of the molecule is CC/C=C1/C2=C(NC(=O)OC)C(=O)C[C@@]1(O)C#C/C=C\C#C[C@H]2OC1O[C@H](C)[C@@H](NO[C@H]2C[C@H](O)[C@H](SC(=O)c3c(C)c(I)c(OC4OC(C)[C@H](O)[C@@H](OC)[C@H]4O)c(OC)c3CC)[C@@H](C)O2)[C@@H](O)[C@H]1O[C@H]1C[C@H](OC)[C@@H](N(CC)C(C)=O)CO1. The fourth-order valence-corrected chi connectivity index (χ4v) is 13.1. The number of hydrogen-bond acceptors (Lipinski definition) is 23. The molecule has 0 aromatic heterocycles. The average Bonchev–Trinajstić information content (AvgIpc) is 3.06. The van der Waals surface area contributed by atoms with Gasteiger partial charge >= 0.3 is 6.09 Å². The molecule has 0 saturated carbocycles. The first-order valence-electron chi connectivity index (χ1n) is 27.9. The molecule has 84 heavy (non-hydrogen) atoms. The van der Waals surface area contributed by atoms with Gasteiger partial charge in [0, 0.05) is 62.8 Å². The molecule has 2 bridgehead atoms. The summed E-state index contributed by atoms with van der Waals surface area (Å²) in [5.74, 6) is 11.0. The standard InChI is InChI=1S/C58H78IN3O21S/c1-13-20-33-42-37(21-18-16-17-19-22-58(33,71)25-36(65)45(42)60-57(70)75-12)80-56-52(81-39-24-38(72-9)34(26-76-39)62(15-3)31(8)63)47(67)44(28(5)78-56)61-83-40-23-35(64)53(30(7)77-40)84-54(69)41-27(4)43(59)50(49(73-10)32(41)14-2)82-55-48(68)51(74-11)46(66)29(6)79-55/h16-17,20,28-30,34-35,37-40,44,46-48,51-53,55-56,61,64,66-68,71H,13-15,23-26H2,1-12H3,(H,60,70)/b17-16-,33-20-/t28-,29?,30-,34+,35+,37-,38+,39+,40+,44-,46+,47-,48-,51-,52-,53-,55?,56?,58+/m1/s1. The molecule has 6 aliphatic rings. The summed E-state index contributed by atoms with van der Waals surface area (Å²) in [6.45, 7) is 14.0. The van der Waals surface area contributed by atoms with E-state index < -0.39 is 134 Å². The lowest BCUT2D eigenvalue weighted by Crippen LogP contribution is -2.65. The lowest BCUT2D eigenvalue weighted by atomic mass is 9.75. The van der Waals surface area contributed by atoms with E-state index in [0.717, 1.165) is 18.9 Å². The molecule has 4 aliphatic heterocycles. The zero-order valence-electron chi connectivity index (χ0n) is 49.1. The van der Waals surface area contributed by atoms with Crippen LogP contribution in [-0.2, 0) is 63.5 Å². The van der Waals surface area contributed by atoms with Crippen molar-refractivity contribution >= 4 is 57.3 Å². The second-order valence-electron chi connectivity index (χ2n) is 21.0. The zero-order valence-corrected chi connectivity index (χ0v) is 52.0. The molecule has 19 atom stereocenters. The van der Waals surface area contributed by atoms with Gasteiger partial charge in [0.1, 0.15) is 36.6 Å². The van der Waals surface area contributed by atoms with Gasteiger partial charge in [0.15, 0.2) is 41.8 Å². The molecule has 1 aromatic rings. The molecular weight excluding hydrogens is 1230 g/mol. The van der Waals surface area contributed by atoms with Crippen molar-refractivity contribution in [1.29, 1.82) is 0 Å². The number of likely N-dealkylation sites (N-methyl/N-ethyl adjacent to an activating group) is 1. The van der Waals surface area contributed by atoms with E-state index in [9.17, 15) is 44.7 Å². The van der Waals surface area contributed by atoms with Gasteiger partial charge in [-0.05, 0) is 87.8 Å². The maximum atomic E-state index is 14.5. The minimum Gasteiger partial charge on any atom is -0.493 e. The van der Waals surface area contributed by atoms with Gasteiger partial charge in [-0.15, -0.1) is 0 Å². The highest BCUT2D eigenvalue weighted by Crippen LogP contribution is 2.46. The van der Waals surface area contributed by atoms with E-state index in [-0.39, 0.29) is 58.8 Å². The number of allylic oxidation sites excluding steroid dienone is 4. The Morgan fingerprint density at radius 2 is 1.61 bits per heavy atom. The molecule has 26 heteroatoms. The largest absolute Gasteiger partial charge is 0.493 e. The minimum absolute atomic E-state index is 0.00123. The molecule has 2 aliphatic carbocycles. The molecule has 24 nitrogen and oxygen atoms in total. The van der Waals surface area contributed by atoms with Crippen LogP contribution >= 0.6 is 34.4 Å². The molecular formula is C58H78IN3O21S. The van der Waals surface area contributed by atoms with E-state index in [1.165, 1.54) is 40.4 Å². The number of hydrogen-bond donors (Lipinski definition) is 7. The van der Waals surface area contributed by atoms with Crippen LogP contribution in [0.1, 0.15) is 95.6 Å². The number of thioether (sulfide) groups is 1. The predicted octanol–water partition coefficient (Wildman–Crippen LogP) is 2.76. The molecule has 0 spiro atoms. The van der Waals surface area contributed by atoms with Crippen LogP contribution in [0.2, 0.25) is 0 Å². The number of carbonyl (C=O) groups is 4. The molecule has 7 rings (SSSR count). The van der Waals surface area contributed by atoms with E-state index >= 15 is 0 Å². The van der Waals surface area contributed by atoms with Crippen LogP contribution in [-0.4, -0.2) is 210 Å². The number of alkyl carbamates (subject to hydrolysis) is 1. The van der Waals surface area contributed by atoms with Crippen LogP contribution in [0, 0.1) is 34.2 Å². The Hall–Kier alpha value is -4.28. The number of carbonyl (C=O) groups excluding carboxylic acids is 4. The third-order valence-electron chi connectivity index (χ3n) is 15.6. The molecule has 0 radical (unpaired) electrons. The Balaban J connectivity index is 1.12. The lowest BCUT2D eigenvalue weighted by molar-refractivity contribution is -0.337. The van der Waals surface area contributed by atoms with Crippen molar-refractivity contribution in [2.45, 2.75) is 203 Å². The first-order chi connectivity index (χ1) is 40.0. The molecule has 464 valence electrons. The fraction of sp³-hybridized carbons (Fsp3) is 0.655. The van der Waals surface area contributed by atoms with Gasteiger partial charge in [0.2, 0.25) is 17.3 Å². The molecule has 4 heterocycles. The summed E-state index contributed by atoms with van der Waals surface area (Å²) in [7, 11) is 5.44. The summed E-state index contributed by atoms with van der Waals surface area (Å²) in [4.78, 5) is 61.7. The van der Waals surface area contributed by atoms with Crippen LogP contribution < -0.4 is 20.3 Å². The number of methoxy groups -OCH3 is 4. The minimum atomic E-state index is -2.04. The Kier molecular flexibility index (Phi) is 23.7. The molecule has 4 saturated heterocycles. The van der Waals surface area contributed by atoms with Crippen molar-refractivity contribution in [2.24, 2.45) is 0 Å². The number of aliphatic hydroxyl groups excluding tert-OH is 4. The van der Waals surface area contributed by atoms with Gasteiger partial charge in [-0.1, -0.05) is 55.4 Å². The lowest BCUT2D eigenvalue weighted by Gasteiger charge is -2.47. The number of aliphatic hydroxyl groups is 5. The van der Waals surface area contributed by atoms with Crippen molar-refractivity contribution in [3.8, 4) is 35.2 Å². The molecule has 1 aromatic carbocycles. The number of amides is 2. The van der Waals surface area contributed by atoms with Gasteiger partial charge in [0.05, 0.1) is 84.4 Å². The third-order valence-corrected chi connectivity index (χ3v) is 18.3. The predicted molar refractivity (Wildman–Crippen MR) is 309 cm³/mol. The van der Waals surface area contributed by atoms with E-state index in [1.807, 2.05) is 43.4 Å². The molecule has 3 unspecified atom stereocenters. The summed E-state index contributed by atoms with van der Waals surface area (Å²) in [6.07, 6.45) is -13.6. The summed E-state index contributed by atoms with van der Waals surface area (Å²) in [5.41, 5.74) is 2.09. The van der Waals surface area contributed by atoms with Gasteiger partial charge in [0.25, 0.3) is 0 Å². The van der Waals surface area contributed by atoms with Crippen molar-refractivity contribution in [2.75, 3.05) is 41.6 Å². The fourth-order valence-electron chi connectivity index (χ4n) is 11.3. The Morgan fingerprint density at radius 3 is 2.24 bits per heavy atom. The van der Waals surface area contributed by atoms with Crippen LogP contribution in [0.25, 0.3) is 0 Å². The van der Waals surface area contributed by atoms with E-state index in [0.29, 0.717) is 39.6 Å². The number of ketones is 1. The highest BCUT2D eigenvalue weighted by atomic mass is 127. The Bertz CT molecular complexity index is 2780. The second-order valence-corrected chi connectivity index (χ2v) is 23.2. The van der Waals surface area contributed by atoms with Crippen molar-refractivity contribution in [3.05, 3.63) is 55.3 Å². The highest BCUT2D eigenvalue weighted by molar-refractivity contribution is 14.1. The molecule has 2 amide bonds. The Morgan fingerprint density at radius 1 is 0.893 bits per heavy atom. The van der Waals surface area contributed by atoms with E-state index in [4.69, 9.17) is 56.9 Å². The van der Waals surface area contributed by atoms with Crippen LogP contribution in [0.15, 0.2) is 35.1 Å². The smallest absolute Gasteiger partial charge is 0.411 e. The number of fused-ring (bicyclic) bond motifs is 2. The van der Waals surface area contributed by atoms with Crippen molar-refractivity contribution < 1.29 is 102 Å². The maximum absolute atomic E-state index is 14.5. The number of nitrogens with zero attached hydrogens (tertiary/aromatic N) is 1. The summed E-state index contributed by atoms with van der Waals surface area (Å²) >= 11 is 2.94. The number of rotatable bonds is 19. The number of benzene rings is 1. The van der Waals surface area contributed by atoms with E-state index in [2.05, 4.69) is 34.5 Å². The van der Waals surface area contributed by atoms with E-state index in [1.54, 1.807) is 38.7 Å². The number of ether oxygens (including phenoxy) is 11. The average molecular weight is 1310 g/mol. The van der Waals surface area contributed by atoms with Crippen LogP contribution in [0.3, 0.4) is 0 Å². The van der Waals surface area contributed by atoms with Crippen molar-refractivity contribution in [1.82, 2.24) is 15.7 Å². The normalized spacial score (nSPS) is 35.9. The molecule has 4 fully saturated rings. The number of nitrogens with one attached hydrogen (secondary N) is 2.